The lowest BCUT2D eigenvalue weighted by molar-refractivity contribution is 1.07. The van der Waals surface area contributed by atoms with E-state index >= 15 is 0 Å². The van der Waals surface area contributed by atoms with Gasteiger partial charge in [0.2, 0.25) is 0 Å². The average Bonchev–Trinajstić information content (AvgIpc) is 3.59. The molecule has 0 aliphatic heterocycles. The Labute approximate surface area is 317 Å². The van der Waals surface area contributed by atoms with E-state index in [2.05, 4.69) is 180 Å². The molecule has 0 spiro atoms. The van der Waals surface area contributed by atoms with E-state index in [0.29, 0.717) is 17.5 Å². The minimum Gasteiger partial charge on any atom is -0.308 e. The molecule has 0 amide bonds. The van der Waals surface area contributed by atoms with Crippen LogP contribution in [0.5, 0.6) is 0 Å². The van der Waals surface area contributed by atoms with Crippen LogP contribution in [-0.4, -0.2) is 19.5 Å². The lowest BCUT2D eigenvalue weighted by Gasteiger charge is -2.17. The highest BCUT2D eigenvalue weighted by Gasteiger charge is 2.20. The third kappa shape index (κ3) is 5.26. The monoisotopic (exact) mass is 700 g/mol. The van der Waals surface area contributed by atoms with Gasteiger partial charge in [0.1, 0.15) is 0 Å². The van der Waals surface area contributed by atoms with Crippen molar-refractivity contribution in [3.05, 3.63) is 194 Å². The first-order valence-corrected chi connectivity index (χ1v) is 18.6. The smallest absolute Gasteiger partial charge is 0.164 e. The first-order chi connectivity index (χ1) is 27.2. The Hall–Kier alpha value is -7.43. The fourth-order valence-electron chi connectivity index (χ4n) is 8.11. The van der Waals surface area contributed by atoms with Crippen molar-refractivity contribution < 1.29 is 0 Å². The summed E-state index contributed by atoms with van der Waals surface area (Å²) in [5.41, 5.74) is 8.46. The molecule has 0 unspecified atom stereocenters. The summed E-state index contributed by atoms with van der Waals surface area (Å²) in [6.45, 7) is 0. The van der Waals surface area contributed by atoms with Gasteiger partial charge in [-0.15, -0.1) is 0 Å². The van der Waals surface area contributed by atoms with Crippen molar-refractivity contribution in [2.24, 2.45) is 0 Å². The molecule has 4 heteroatoms. The van der Waals surface area contributed by atoms with Gasteiger partial charge in [0.25, 0.3) is 0 Å². The summed E-state index contributed by atoms with van der Waals surface area (Å²) in [6, 6.07) is 68.8. The summed E-state index contributed by atoms with van der Waals surface area (Å²) in [7, 11) is 0. The lowest BCUT2D eigenvalue weighted by Crippen LogP contribution is -2.02. The van der Waals surface area contributed by atoms with Gasteiger partial charge in [-0.2, -0.15) is 0 Å². The zero-order valence-electron chi connectivity index (χ0n) is 29.8. The maximum absolute atomic E-state index is 5.18. The SMILES string of the molecule is c1ccc(-c2nc(-c3ccc(-n4c5cc6ccccc6cc5c5ccc6ccccc6c54)c(-c4ccccc4)c3)nc(-c3ccc4ccccc4c3)n2)cc1. The van der Waals surface area contributed by atoms with Crippen molar-refractivity contribution >= 4 is 54.1 Å². The van der Waals surface area contributed by atoms with E-state index in [-0.39, 0.29) is 0 Å². The summed E-state index contributed by atoms with van der Waals surface area (Å²) < 4.78 is 2.47. The second-order valence-electron chi connectivity index (χ2n) is 14.1. The number of benzene rings is 9. The third-order valence-corrected chi connectivity index (χ3v) is 10.8. The van der Waals surface area contributed by atoms with Crippen LogP contribution in [0.3, 0.4) is 0 Å². The summed E-state index contributed by atoms with van der Waals surface area (Å²) in [5.74, 6) is 1.90. The van der Waals surface area contributed by atoms with E-state index in [4.69, 9.17) is 15.0 Å². The van der Waals surface area contributed by atoms with Gasteiger partial charge < -0.3 is 4.57 Å². The van der Waals surface area contributed by atoms with Gasteiger partial charge in [-0.1, -0.05) is 158 Å². The van der Waals surface area contributed by atoms with E-state index in [1.54, 1.807) is 0 Å². The minimum absolute atomic E-state index is 0.624. The Bertz CT molecular complexity index is 3260. The maximum atomic E-state index is 5.18. The quantitative estimate of drug-likeness (QED) is 0.179. The van der Waals surface area contributed by atoms with Gasteiger partial charge in [0.15, 0.2) is 17.5 Å². The van der Waals surface area contributed by atoms with Gasteiger partial charge in [0, 0.05) is 38.4 Å². The van der Waals surface area contributed by atoms with Crippen molar-refractivity contribution in [3.63, 3.8) is 0 Å². The molecule has 55 heavy (non-hydrogen) atoms. The number of hydrogen-bond donors (Lipinski definition) is 0. The molecule has 256 valence electrons. The van der Waals surface area contributed by atoms with E-state index in [1.807, 2.05) is 18.2 Å². The summed E-state index contributed by atoms with van der Waals surface area (Å²) in [6.07, 6.45) is 0. The van der Waals surface area contributed by atoms with Crippen LogP contribution in [0.4, 0.5) is 0 Å². The molecule has 2 aromatic heterocycles. The largest absolute Gasteiger partial charge is 0.308 e. The van der Waals surface area contributed by atoms with Crippen LogP contribution in [0.15, 0.2) is 194 Å². The number of hydrogen-bond acceptors (Lipinski definition) is 3. The van der Waals surface area contributed by atoms with Crippen LogP contribution in [0, 0.1) is 0 Å². The number of fused-ring (bicyclic) bond motifs is 7. The topological polar surface area (TPSA) is 43.6 Å². The zero-order chi connectivity index (χ0) is 36.3. The molecule has 0 aliphatic carbocycles. The van der Waals surface area contributed by atoms with E-state index < -0.39 is 0 Å². The molecular weight excluding hydrogens is 669 g/mol. The van der Waals surface area contributed by atoms with Crippen molar-refractivity contribution in [1.82, 2.24) is 19.5 Å². The Morgan fingerprint density at radius 3 is 1.56 bits per heavy atom. The molecule has 0 saturated carbocycles. The Morgan fingerprint density at radius 1 is 0.309 bits per heavy atom. The van der Waals surface area contributed by atoms with Crippen molar-refractivity contribution in [3.8, 4) is 51.0 Å². The molecule has 0 bridgehead atoms. The number of aromatic nitrogens is 4. The van der Waals surface area contributed by atoms with Gasteiger partial charge in [0.05, 0.1) is 16.7 Å². The minimum atomic E-state index is 0.624. The van der Waals surface area contributed by atoms with E-state index in [0.717, 1.165) is 38.9 Å². The van der Waals surface area contributed by atoms with Crippen LogP contribution in [0.2, 0.25) is 0 Å². The number of rotatable bonds is 5. The Morgan fingerprint density at radius 2 is 0.836 bits per heavy atom. The molecule has 9 aromatic carbocycles. The third-order valence-electron chi connectivity index (χ3n) is 10.8. The molecule has 4 nitrogen and oxygen atoms in total. The maximum Gasteiger partial charge on any atom is 0.164 e. The van der Waals surface area contributed by atoms with Gasteiger partial charge in [-0.05, 0) is 68.9 Å². The van der Waals surface area contributed by atoms with Crippen LogP contribution >= 0.6 is 0 Å². The zero-order valence-corrected chi connectivity index (χ0v) is 29.8. The first kappa shape index (κ1) is 31.1. The highest BCUT2D eigenvalue weighted by molar-refractivity contribution is 6.21. The Kier molecular flexibility index (Phi) is 7.14. The normalized spacial score (nSPS) is 11.6. The molecule has 0 radical (unpaired) electrons. The molecule has 0 fully saturated rings. The molecule has 0 aliphatic rings. The highest BCUT2D eigenvalue weighted by Crippen LogP contribution is 2.42. The van der Waals surface area contributed by atoms with Gasteiger partial charge >= 0.3 is 0 Å². The van der Waals surface area contributed by atoms with Crippen molar-refractivity contribution in [2.45, 2.75) is 0 Å². The molecular formula is C51H32N4. The summed E-state index contributed by atoms with van der Waals surface area (Å²) in [5, 5.41) is 9.64. The Balaban J connectivity index is 1.19. The van der Waals surface area contributed by atoms with Crippen LogP contribution in [-0.2, 0) is 0 Å². The van der Waals surface area contributed by atoms with Crippen LogP contribution in [0.25, 0.3) is 105 Å². The standard InChI is InChI=1S/C51H32N4/c1-3-14-34(15-4-1)44-31-41(51-53-49(36-17-5-2-6-18-36)52-50(54-51)40-24-23-33-13-7-8-19-37(33)29-40)26-28-46(44)55-47-32-39-21-10-9-20-38(39)30-45(47)43-27-25-35-16-11-12-22-42(35)48(43)55/h1-32H. The summed E-state index contributed by atoms with van der Waals surface area (Å²) >= 11 is 0. The average molecular weight is 701 g/mol. The van der Waals surface area contributed by atoms with Gasteiger partial charge in [-0.3, -0.25) is 0 Å². The molecule has 0 saturated heterocycles. The summed E-state index contributed by atoms with van der Waals surface area (Å²) in [4.78, 5) is 15.4. The van der Waals surface area contributed by atoms with E-state index in [1.165, 1.54) is 48.7 Å². The van der Waals surface area contributed by atoms with E-state index in [9.17, 15) is 0 Å². The van der Waals surface area contributed by atoms with Crippen molar-refractivity contribution in [1.29, 1.82) is 0 Å². The first-order valence-electron chi connectivity index (χ1n) is 18.6. The molecule has 0 atom stereocenters. The van der Waals surface area contributed by atoms with Crippen LogP contribution in [0.1, 0.15) is 0 Å². The fourth-order valence-corrected chi connectivity index (χ4v) is 8.11. The second-order valence-corrected chi connectivity index (χ2v) is 14.1. The predicted molar refractivity (Wildman–Crippen MR) is 228 cm³/mol. The molecule has 11 rings (SSSR count). The molecule has 2 heterocycles. The highest BCUT2D eigenvalue weighted by atomic mass is 15.0. The fraction of sp³-hybridized carbons (Fsp3) is 0. The molecule has 0 N–H and O–H groups in total. The second kappa shape index (κ2) is 12.6. The van der Waals surface area contributed by atoms with Crippen LogP contribution < -0.4 is 0 Å². The predicted octanol–water partition coefficient (Wildman–Crippen LogP) is 13.1. The lowest BCUT2D eigenvalue weighted by atomic mass is 9.99. The van der Waals surface area contributed by atoms with Gasteiger partial charge in [-0.25, -0.2) is 15.0 Å². The molecule has 11 aromatic rings. The van der Waals surface area contributed by atoms with Crippen molar-refractivity contribution in [2.75, 3.05) is 0 Å². The number of nitrogens with zero attached hydrogens (tertiary/aromatic N) is 4.